The van der Waals surface area contributed by atoms with Crippen molar-refractivity contribution in [2.75, 3.05) is 6.54 Å². The van der Waals surface area contributed by atoms with Gasteiger partial charge in [0.1, 0.15) is 11.8 Å². The van der Waals surface area contributed by atoms with Gasteiger partial charge in [-0.05, 0) is 42.9 Å². The topological polar surface area (TPSA) is 40.8 Å². The van der Waals surface area contributed by atoms with E-state index in [9.17, 15) is 0 Å². The van der Waals surface area contributed by atoms with Gasteiger partial charge in [0.05, 0.1) is 0 Å². The Kier molecular flexibility index (Phi) is 3.86. The van der Waals surface area contributed by atoms with Crippen LogP contribution in [0, 0.1) is 23.2 Å². The second-order valence-corrected chi connectivity index (χ2v) is 5.37. The van der Waals surface area contributed by atoms with Crippen LogP contribution in [0.5, 0.6) is 0 Å². The molecule has 2 rings (SSSR count). The average molecular weight is 231 g/mol. The zero-order chi connectivity index (χ0) is 12.3. The number of rotatable bonds is 4. The second kappa shape index (κ2) is 5.37. The van der Waals surface area contributed by atoms with Gasteiger partial charge in [0.15, 0.2) is 0 Å². The Hall–Kier alpha value is -1.27. The minimum atomic E-state index is 0.733. The first kappa shape index (κ1) is 12.2. The predicted octanol–water partition coefficient (Wildman–Crippen LogP) is 2.42. The lowest BCUT2D eigenvalue weighted by Crippen LogP contribution is -2.20. The maximum Gasteiger partial charge on any atom is 0.120 e. The fourth-order valence-corrected chi connectivity index (χ4v) is 2.77. The van der Waals surface area contributed by atoms with Crippen molar-refractivity contribution in [2.24, 2.45) is 18.9 Å². The number of nitriles is 1. The van der Waals surface area contributed by atoms with E-state index in [0.717, 1.165) is 30.6 Å². The Morgan fingerprint density at radius 1 is 1.53 bits per heavy atom. The summed E-state index contributed by atoms with van der Waals surface area (Å²) in [5, 5.41) is 12.4. The molecule has 0 saturated heterocycles. The first-order valence-corrected chi connectivity index (χ1v) is 6.45. The van der Waals surface area contributed by atoms with Crippen molar-refractivity contribution in [1.29, 1.82) is 5.26 Å². The summed E-state index contributed by atoms with van der Waals surface area (Å²) in [4.78, 5) is 0. The third-order valence-corrected chi connectivity index (χ3v) is 3.74. The van der Waals surface area contributed by atoms with E-state index < -0.39 is 0 Å². The molecule has 17 heavy (non-hydrogen) atoms. The molecule has 92 valence electrons. The van der Waals surface area contributed by atoms with Gasteiger partial charge in [-0.25, -0.2) is 0 Å². The number of hydrogen-bond acceptors (Lipinski definition) is 2. The Morgan fingerprint density at radius 2 is 2.35 bits per heavy atom. The Morgan fingerprint density at radius 3 is 2.94 bits per heavy atom. The van der Waals surface area contributed by atoms with Crippen LogP contribution < -0.4 is 5.32 Å². The molecule has 0 amide bonds. The number of hydrogen-bond donors (Lipinski definition) is 1. The van der Waals surface area contributed by atoms with Gasteiger partial charge < -0.3 is 9.88 Å². The summed E-state index contributed by atoms with van der Waals surface area (Å²) in [6.45, 7) is 4.33. The largest absolute Gasteiger partial charge is 0.342 e. The van der Waals surface area contributed by atoms with Crippen molar-refractivity contribution in [2.45, 2.75) is 32.7 Å². The van der Waals surface area contributed by atoms with Gasteiger partial charge in [0.25, 0.3) is 0 Å². The van der Waals surface area contributed by atoms with Gasteiger partial charge in [-0.3, -0.25) is 0 Å². The molecule has 1 fully saturated rings. The lowest BCUT2D eigenvalue weighted by Gasteiger charge is -2.10. The van der Waals surface area contributed by atoms with Crippen molar-refractivity contribution in [1.82, 2.24) is 9.88 Å². The van der Waals surface area contributed by atoms with Gasteiger partial charge >= 0.3 is 0 Å². The van der Waals surface area contributed by atoms with Crippen molar-refractivity contribution < 1.29 is 0 Å². The lowest BCUT2D eigenvalue weighted by atomic mass is 10.1. The maximum absolute atomic E-state index is 8.87. The summed E-state index contributed by atoms with van der Waals surface area (Å²) in [6, 6.07) is 4.15. The highest BCUT2D eigenvalue weighted by molar-refractivity contribution is 5.28. The zero-order valence-electron chi connectivity index (χ0n) is 10.7. The van der Waals surface area contributed by atoms with Crippen LogP contribution in [0.3, 0.4) is 0 Å². The predicted molar refractivity (Wildman–Crippen MR) is 68.3 cm³/mol. The minimum absolute atomic E-state index is 0.733. The van der Waals surface area contributed by atoms with Gasteiger partial charge in [0.2, 0.25) is 0 Å². The summed E-state index contributed by atoms with van der Waals surface area (Å²) >= 11 is 0. The second-order valence-electron chi connectivity index (χ2n) is 5.37. The number of aromatic nitrogens is 1. The number of nitrogens with zero attached hydrogens (tertiary/aromatic N) is 2. The van der Waals surface area contributed by atoms with E-state index in [1.54, 1.807) is 0 Å². The van der Waals surface area contributed by atoms with Crippen LogP contribution in [0.15, 0.2) is 12.3 Å². The highest BCUT2D eigenvalue weighted by Crippen LogP contribution is 2.29. The molecule has 3 nitrogen and oxygen atoms in total. The fraction of sp³-hybridized carbons (Fsp3) is 0.643. The third-order valence-electron chi connectivity index (χ3n) is 3.74. The Bertz CT molecular complexity index is 414. The molecular formula is C14H21N3. The van der Waals surface area contributed by atoms with Crippen molar-refractivity contribution in [3.8, 4) is 6.07 Å². The van der Waals surface area contributed by atoms with E-state index in [-0.39, 0.29) is 0 Å². The molecule has 0 aliphatic heterocycles. The summed E-state index contributed by atoms with van der Waals surface area (Å²) in [6.07, 6.45) is 6.15. The summed E-state index contributed by atoms with van der Waals surface area (Å²) < 4.78 is 1.88. The minimum Gasteiger partial charge on any atom is -0.342 e. The molecule has 0 aromatic carbocycles. The van der Waals surface area contributed by atoms with Crippen LogP contribution in [-0.2, 0) is 13.6 Å². The lowest BCUT2D eigenvalue weighted by molar-refractivity contribution is 0.470. The molecule has 1 heterocycles. The molecule has 1 aromatic heterocycles. The van der Waals surface area contributed by atoms with E-state index in [2.05, 4.69) is 18.3 Å². The van der Waals surface area contributed by atoms with Crippen LogP contribution in [0.4, 0.5) is 0 Å². The molecule has 0 radical (unpaired) electrons. The van der Waals surface area contributed by atoms with Crippen LogP contribution in [0.2, 0.25) is 0 Å². The van der Waals surface area contributed by atoms with E-state index in [1.807, 2.05) is 23.9 Å². The molecule has 1 aliphatic rings. The average Bonchev–Trinajstić information content (AvgIpc) is 2.85. The quantitative estimate of drug-likeness (QED) is 0.864. The van der Waals surface area contributed by atoms with Crippen LogP contribution in [0.25, 0.3) is 0 Å². The highest BCUT2D eigenvalue weighted by atomic mass is 14.9. The van der Waals surface area contributed by atoms with Crippen molar-refractivity contribution >= 4 is 0 Å². The standard InChI is InChI=1S/C14H21N3/c1-11-3-4-12(5-11)8-16-9-13-6-14(7-15)17(2)10-13/h6,10-12,16H,3-5,8-9H2,1-2H3. The molecule has 3 heteroatoms. The Labute approximate surface area is 103 Å². The smallest absolute Gasteiger partial charge is 0.120 e. The van der Waals surface area contributed by atoms with E-state index >= 15 is 0 Å². The first-order valence-electron chi connectivity index (χ1n) is 6.45. The van der Waals surface area contributed by atoms with Gasteiger partial charge in [-0.2, -0.15) is 5.26 Å². The van der Waals surface area contributed by atoms with Gasteiger partial charge in [0, 0.05) is 19.8 Å². The van der Waals surface area contributed by atoms with E-state index in [1.165, 1.54) is 24.8 Å². The summed E-state index contributed by atoms with van der Waals surface area (Å²) in [5.74, 6) is 1.76. The van der Waals surface area contributed by atoms with E-state index in [0.29, 0.717) is 0 Å². The summed E-state index contributed by atoms with van der Waals surface area (Å²) in [5.41, 5.74) is 1.94. The maximum atomic E-state index is 8.87. The monoisotopic (exact) mass is 231 g/mol. The van der Waals surface area contributed by atoms with Crippen LogP contribution in [-0.4, -0.2) is 11.1 Å². The number of nitrogens with one attached hydrogen (secondary N) is 1. The molecule has 1 N–H and O–H groups in total. The first-order chi connectivity index (χ1) is 8.19. The molecular weight excluding hydrogens is 210 g/mol. The molecule has 1 aromatic rings. The third kappa shape index (κ3) is 3.10. The van der Waals surface area contributed by atoms with Gasteiger partial charge in [-0.1, -0.05) is 13.3 Å². The molecule has 1 aliphatic carbocycles. The molecule has 0 spiro atoms. The highest BCUT2D eigenvalue weighted by Gasteiger charge is 2.20. The Balaban J connectivity index is 1.76. The van der Waals surface area contributed by atoms with Crippen molar-refractivity contribution in [3.05, 3.63) is 23.5 Å². The van der Waals surface area contributed by atoms with Crippen LogP contribution in [0.1, 0.15) is 37.4 Å². The number of aryl methyl sites for hydroxylation is 1. The molecule has 2 atom stereocenters. The molecule has 1 saturated carbocycles. The fourth-order valence-electron chi connectivity index (χ4n) is 2.77. The summed E-state index contributed by atoms with van der Waals surface area (Å²) in [7, 11) is 1.92. The van der Waals surface area contributed by atoms with Gasteiger partial charge in [-0.15, -0.1) is 0 Å². The SMILES string of the molecule is CC1CCC(CNCc2cc(C#N)n(C)c2)C1. The molecule has 0 bridgehead atoms. The van der Waals surface area contributed by atoms with E-state index in [4.69, 9.17) is 5.26 Å². The zero-order valence-corrected chi connectivity index (χ0v) is 10.7. The molecule has 2 unspecified atom stereocenters. The van der Waals surface area contributed by atoms with Crippen molar-refractivity contribution in [3.63, 3.8) is 0 Å². The normalized spacial score (nSPS) is 23.8. The van der Waals surface area contributed by atoms with Crippen LogP contribution >= 0.6 is 0 Å².